The number of halogens is 2. The molecule has 1 saturated heterocycles. The lowest BCUT2D eigenvalue weighted by Crippen LogP contribution is -2.42. The molecule has 0 amide bonds. The van der Waals surface area contributed by atoms with Crippen molar-refractivity contribution in [2.75, 3.05) is 26.7 Å². The van der Waals surface area contributed by atoms with Gasteiger partial charge in [-0.1, -0.05) is 29.3 Å². The second-order valence-corrected chi connectivity index (χ2v) is 6.01. The summed E-state index contributed by atoms with van der Waals surface area (Å²) < 4.78 is 0. The van der Waals surface area contributed by atoms with E-state index in [-0.39, 0.29) is 0 Å². The predicted molar refractivity (Wildman–Crippen MR) is 79.9 cm³/mol. The fourth-order valence-corrected chi connectivity index (χ4v) is 2.91. The van der Waals surface area contributed by atoms with Gasteiger partial charge in [-0.15, -0.1) is 0 Å². The molecule has 0 aliphatic carbocycles. The number of piperidine rings is 1. The SMILES string of the molecule is CN1CCC(NCC(O)c2ccc(Cl)cc2Cl)CC1. The van der Waals surface area contributed by atoms with Crippen molar-refractivity contribution in [3.63, 3.8) is 0 Å². The van der Waals surface area contributed by atoms with Crippen LogP contribution >= 0.6 is 23.2 Å². The molecular weight excluding hydrogens is 283 g/mol. The summed E-state index contributed by atoms with van der Waals surface area (Å²) in [5.74, 6) is 0. The highest BCUT2D eigenvalue weighted by atomic mass is 35.5. The first-order valence-electron chi connectivity index (χ1n) is 6.61. The van der Waals surface area contributed by atoms with Crippen LogP contribution in [-0.4, -0.2) is 42.7 Å². The van der Waals surface area contributed by atoms with Gasteiger partial charge < -0.3 is 15.3 Å². The molecule has 0 saturated carbocycles. The third kappa shape index (κ3) is 4.33. The lowest BCUT2D eigenvalue weighted by atomic mass is 10.0. The maximum Gasteiger partial charge on any atom is 0.0928 e. The van der Waals surface area contributed by atoms with Crippen molar-refractivity contribution in [2.24, 2.45) is 0 Å². The molecule has 1 aliphatic rings. The number of rotatable bonds is 4. The second-order valence-electron chi connectivity index (χ2n) is 5.17. The van der Waals surface area contributed by atoms with Crippen molar-refractivity contribution < 1.29 is 5.11 Å². The highest BCUT2D eigenvalue weighted by molar-refractivity contribution is 6.35. The van der Waals surface area contributed by atoms with Crippen molar-refractivity contribution in [1.29, 1.82) is 0 Å². The third-order valence-corrected chi connectivity index (χ3v) is 4.20. The zero-order valence-corrected chi connectivity index (χ0v) is 12.6. The van der Waals surface area contributed by atoms with Crippen LogP contribution in [0.4, 0.5) is 0 Å². The van der Waals surface area contributed by atoms with Crippen molar-refractivity contribution in [3.05, 3.63) is 33.8 Å². The van der Waals surface area contributed by atoms with Crippen LogP contribution in [0, 0.1) is 0 Å². The minimum atomic E-state index is -0.593. The van der Waals surface area contributed by atoms with Gasteiger partial charge in [0.1, 0.15) is 0 Å². The normalized spacial score (nSPS) is 19.6. The molecule has 1 unspecified atom stereocenters. The summed E-state index contributed by atoms with van der Waals surface area (Å²) in [6, 6.07) is 5.68. The van der Waals surface area contributed by atoms with Crippen molar-refractivity contribution in [3.8, 4) is 0 Å². The molecule has 3 nitrogen and oxygen atoms in total. The van der Waals surface area contributed by atoms with Crippen LogP contribution in [0.25, 0.3) is 0 Å². The van der Waals surface area contributed by atoms with Crippen LogP contribution in [0.5, 0.6) is 0 Å². The summed E-state index contributed by atoms with van der Waals surface area (Å²) in [7, 11) is 2.14. The number of benzene rings is 1. The smallest absolute Gasteiger partial charge is 0.0928 e. The third-order valence-electron chi connectivity index (χ3n) is 3.64. The molecule has 1 heterocycles. The summed E-state index contributed by atoms with van der Waals surface area (Å²) in [4.78, 5) is 2.32. The molecule has 2 rings (SSSR count). The average molecular weight is 303 g/mol. The zero-order valence-electron chi connectivity index (χ0n) is 11.1. The Morgan fingerprint density at radius 2 is 2.05 bits per heavy atom. The molecule has 2 N–H and O–H groups in total. The number of aliphatic hydroxyl groups excluding tert-OH is 1. The van der Waals surface area contributed by atoms with Crippen molar-refractivity contribution in [2.45, 2.75) is 25.0 Å². The molecule has 0 bridgehead atoms. The summed E-state index contributed by atoms with van der Waals surface area (Å²) >= 11 is 11.9. The molecule has 0 radical (unpaired) electrons. The summed E-state index contributed by atoms with van der Waals surface area (Å²) in [5, 5.41) is 14.7. The molecule has 106 valence electrons. The van der Waals surface area contributed by atoms with E-state index in [0.717, 1.165) is 31.5 Å². The van der Waals surface area contributed by atoms with E-state index in [9.17, 15) is 5.11 Å². The number of nitrogens with zero attached hydrogens (tertiary/aromatic N) is 1. The van der Waals surface area contributed by atoms with E-state index in [1.807, 2.05) is 0 Å². The standard InChI is InChI=1S/C14H20Cl2N2O/c1-18-6-4-11(5-7-18)17-9-14(19)12-3-2-10(15)8-13(12)16/h2-3,8,11,14,17,19H,4-7,9H2,1H3. The van der Waals surface area contributed by atoms with Gasteiger partial charge in [0, 0.05) is 28.2 Å². The maximum absolute atomic E-state index is 10.2. The lowest BCUT2D eigenvalue weighted by molar-refractivity contribution is 0.158. The monoisotopic (exact) mass is 302 g/mol. The van der Waals surface area contributed by atoms with Crippen molar-refractivity contribution >= 4 is 23.2 Å². The quantitative estimate of drug-likeness (QED) is 0.898. The highest BCUT2D eigenvalue weighted by Gasteiger charge is 2.18. The number of hydrogen-bond donors (Lipinski definition) is 2. The number of hydrogen-bond acceptors (Lipinski definition) is 3. The van der Waals surface area contributed by atoms with E-state index in [4.69, 9.17) is 23.2 Å². The maximum atomic E-state index is 10.2. The Kier molecular flexibility index (Phi) is 5.48. The van der Waals surface area contributed by atoms with Crippen LogP contribution in [0.2, 0.25) is 10.0 Å². The molecular formula is C14H20Cl2N2O. The molecule has 1 aromatic rings. The van der Waals surface area contributed by atoms with Crippen LogP contribution in [0.15, 0.2) is 18.2 Å². The largest absolute Gasteiger partial charge is 0.387 e. The van der Waals surface area contributed by atoms with E-state index in [2.05, 4.69) is 17.3 Å². The molecule has 1 aliphatic heterocycles. The highest BCUT2D eigenvalue weighted by Crippen LogP contribution is 2.26. The first kappa shape index (κ1) is 15.1. The van der Waals surface area contributed by atoms with Gasteiger partial charge in [-0.05, 0) is 45.1 Å². The Balaban J connectivity index is 1.85. The fraction of sp³-hybridized carbons (Fsp3) is 0.571. The number of likely N-dealkylation sites (tertiary alicyclic amines) is 1. The topological polar surface area (TPSA) is 35.5 Å². The minimum Gasteiger partial charge on any atom is -0.387 e. The summed E-state index contributed by atoms with van der Waals surface area (Å²) in [6.07, 6.45) is 1.65. The first-order chi connectivity index (χ1) is 9.06. The summed E-state index contributed by atoms with van der Waals surface area (Å²) in [6.45, 7) is 2.74. The van der Waals surface area contributed by atoms with Crippen molar-refractivity contribution in [1.82, 2.24) is 10.2 Å². The Morgan fingerprint density at radius 1 is 1.37 bits per heavy atom. The number of aliphatic hydroxyl groups is 1. The van der Waals surface area contributed by atoms with Gasteiger partial charge in [0.25, 0.3) is 0 Å². The average Bonchev–Trinajstić information content (AvgIpc) is 2.37. The van der Waals surface area contributed by atoms with Gasteiger partial charge in [0.2, 0.25) is 0 Å². The Bertz CT molecular complexity index is 420. The van der Waals surface area contributed by atoms with Gasteiger partial charge in [0.15, 0.2) is 0 Å². The van der Waals surface area contributed by atoms with E-state index in [1.165, 1.54) is 0 Å². The van der Waals surface area contributed by atoms with Gasteiger partial charge >= 0.3 is 0 Å². The second kappa shape index (κ2) is 6.91. The minimum absolute atomic E-state index is 0.483. The molecule has 0 aromatic heterocycles. The molecule has 0 spiro atoms. The lowest BCUT2D eigenvalue weighted by Gasteiger charge is -2.30. The van der Waals surface area contributed by atoms with E-state index in [0.29, 0.717) is 22.6 Å². The van der Waals surface area contributed by atoms with Gasteiger partial charge in [-0.25, -0.2) is 0 Å². The van der Waals surface area contributed by atoms with Crippen LogP contribution in [0.1, 0.15) is 24.5 Å². The van der Waals surface area contributed by atoms with Gasteiger partial charge in [0.05, 0.1) is 6.10 Å². The Labute approximate surface area is 124 Å². The van der Waals surface area contributed by atoms with Crippen LogP contribution < -0.4 is 5.32 Å². The molecule has 19 heavy (non-hydrogen) atoms. The fourth-order valence-electron chi connectivity index (χ4n) is 2.37. The zero-order chi connectivity index (χ0) is 13.8. The van der Waals surface area contributed by atoms with E-state index in [1.54, 1.807) is 18.2 Å². The Hall–Kier alpha value is -0.320. The predicted octanol–water partition coefficient (Wildman–Crippen LogP) is 2.71. The van der Waals surface area contributed by atoms with Crippen LogP contribution in [-0.2, 0) is 0 Å². The van der Waals surface area contributed by atoms with E-state index < -0.39 is 6.10 Å². The molecule has 5 heteroatoms. The summed E-state index contributed by atoms with van der Waals surface area (Å²) in [5.41, 5.74) is 0.728. The first-order valence-corrected chi connectivity index (χ1v) is 7.37. The molecule has 1 fully saturated rings. The molecule has 1 aromatic carbocycles. The Morgan fingerprint density at radius 3 is 2.68 bits per heavy atom. The molecule has 1 atom stereocenters. The van der Waals surface area contributed by atoms with E-state index >= 15 is 0 Å². The van der Waals surface area contributed by atoms with Gasteiger partial charge in [-0.2, -0.15) is 0 Å². The van der Waals surface area contributed by atoms with Crippen LogP contribution in [0.3, 0.4) is 0 Å². The number of nitrogens with one attached hydrogen (secondary N) is 1. The van der Waals surface area contributed by atoms with Gasteiger partial charge in [-0.3, -0.25) is 0 Å².